The molecule has 1 heterocycles. The molecule has 1 aromatic carbocycles. The fourth-order valence-corrected chi connectivity index (χ4v) is 2.04. The Kier molecular flexibility index (Phi) is 4.32. The molecule has 104 valence electrons. The second kappa shape index (κ2) is 5.98. The Morgan fingerprint density at radius 3 is 2.50 bits per heavy atom. The molecular weight excluding hydrogens is 303 g/mol. The molecule has 5 nitrogen and oxygen atoms in total. The maximum absolute atomic E-state index is 12.3. The first-order valence-electron chi connectivity index (χ1n) is 5.60. The van der Waals surface area contributed by atoms with Crippen LogP contribution in [-0.2, 0) is 4.79 Å². The second-order valence-electron chi connectivity index (χ2n) is 4.00. The van der Waals surface area contributed by atoms with Crippen LogP contribution in [0.15, 0.2) is 36.5 Å². The molecule has 1 amide bonds. The van der Waals surface area contributed by atoms with Gasteiger partial charge < -0.3 is 10.1 Å². The van der Waals surface area contributed by atoms with Crippen molar-refractivity contribution in [1.82, 2.24) is 4.98 Å². The van der Waals surface area contributed by atoms with Gasteiger partial charge in [-0.15, -0.1) is 0 Å². The number of nitrogens with one attached hydrogen (secondary N) is 1. The van der Waals surface area contributed by atoms with Crippen molar-refractivity contribution in [2.45, 2.75) is 0 Å². The van der Waals surface area contributed by atoms with Gasteiger partial charge in [0.25, 0.3) is 5.91 Å². The van der Waals surface area contributed by atoms with Crippen LogP contribution in [0, 0.1) is 0 Å². The summed E-state index contributed by atoms with van der Waals surface area (Å²) in [5, 5.41) is 9.73. The lowest BCUT2D eigenvalue weighted by Gasteiger charge is -2.20. The number of carboxylic acids is 1. The largest absolute Gasteiger partial charge is 0.480 e. The minimum atomic E-state index is -1.13. The standard InChI is InChI=1S/C13H10Cl2N2O3/c14-8-2-1-3-10(4-8)17(7-12(18)19)13(20)11-5-9(15)6-16-11/h1-6,16H,7H2,(H,18,19). The lowest BCUT2D eigenvalue weighted by atomic mass is 10.2. The van der Waals surface area contributed by atoms with Gasteiger partial charge in [0.05, 0.1) is 5.02 Å². The summed E-state index contributed by atoms with van der Waals surface area (Å²) in [7, 11) is 0. The number of hydrogen-bond donors (Lipinski definition) is 2. The van der Waals surface area contributed by atoms with Crippen LogP contribution in [0.25, 0.3) is 0 Å². The van der Waals surface area contributed by atoms with Crippen molar-refractivity contribution in [3.8, 4) is 0 Å². The number of aliphatic carboxylic acids is 1. The minimum Gasteiger partial charge on any atom is -0.480 e. The van der Waals surface area contributed by atoms with E-state index in [4.69, 9.17) is 28.3 Å². The number of benzene rings is 1. The number of anilines is 1. The SMILES string of the molecule is O=C(O)CN(C(=O)c1cc(Cl)c[nH]1)c1cccc(Cl)c1. The van der Waals surface area contributed by atoms with Crippen LogP contribution in [0.5, 0.6) is 0 Å². The summed E-state index contributed by atoms with van der Waals surface area (Å²) >= 11 is 11.6. The molecule has 0 atom stereocenters. The summed E-state index contributed by atoms with van der Waals surface area (Å²) in [5.41, 5.74) is 0.604. The molecule has 0 unspecified atom stereocenters. The van der Waals surface area contributed by atoms with E-state index in [9.17, 15) is 9.59 Å². The van der Waals surface area contributed by atoms with E-state index < -0.39 is 18.4 Å². The van der Waals surface area contributed by atoms with Gasteiger partial charge in [0, 0.05) is 16.9 Å². The Morgan fingerprint density at radius 2 is 1.95 bits per heavy atom. The van der Waals surface area contributed by atoms with Crippen LogP contribution in [0.3, 0.4) is 0 Å². The highest BCUT2D eigenvalue weighted by Crippen LogP contribution is 2.22. The van der Waals surface area contributed by atoms with Crippen molar-refractivity contribution in [1.29, 1.82) is 0 Å². The molecule has 0 radical (unpaired) electrons. The molecule has 2 rings (SSSR count). The maximum atomic E-state index is 12.3. The van der Waals surface area contributed by atoms with E-state index in [1.807, 2.05) is 0 Å². The molecule has 0 spiro atoms. The third-order valence-corrected chi connectivity index (χ3v) is 2.99. The van der Waals surface area contributed by atoms with Crippen LogP contribution in [0.4, 0.5) is 5.69 Å². The molecule has 0 bridgehead atoms. The number of aromatic nitrogens is 1. The van der Waals surface area contributed by atoms with Gasteiger partial charge in [0.2, 0.25) is 0 Å². The fourth-order valence-electron chi connectivity index (χ4n) is 1.70. The summed E-state index contributed by atoms with van der Waals surface area (Å²) in [5.74, 6) is -1.63. The first-order chi connectivity index (χ1) is 9.47. The van der Waals surface area contributed by atoms with Crippen molar-refractivity contribution < 1.29 is 14.7 Å². The Hall–Kier alpha value is -1.98. The van der Waals surface area contributed by atoms with Gasteiger partial charge in [0.1, 0.15) is 12.2 Å². The van der Waals surface area contributed by atoms with Crippen LogP contribution in [0.2, 0.25) is 10.0 Å². The number of amides is 1. The molecule has 0 aliphatic carbocycles. The highest BCUT2D eigenvalue weighted by Gasteiger charge is 2.21. The van der Waals surface area contributed by atoms with Gasteiger partial charge in [-0.25, -0.2) is 0 Å². The number of carbonyl (C=O) groups excluding carboxylic acids is 1. The van der Waals surface area contributed by atoms with Gasteiger partial charge in [-0.1, -0.05) is 29.3 Å². The Balaban J connectivity index is 2.37. The molecule has 0 aliphatic heterocycles. The average molecular weight is 313 g/mol. The summed E-state index contributed by atoms with van der Waals surface area (Å²) in [4.78, 5) is 27.1. The average Bonchev–Trinajstić information content (AvgIpc) is 2.81. The van der Waals surface area contributed by atoms with Crippen molar-refractivity contribution in [3.05, 3.63) is 52.3 Å². The first-order valence-corrected chi connectivity index (χ1v) is 6.36. The number of carbonyl (C=O) groups is 2. The zero-order valence-corrected chi connectivity index (χ0v) is 11.6. The van der Waals surface area contributed by atoms with Crippen LogP contribution >= 0.6 is 23.2 Å². The number of rotatable bonds is 4. The molecule has 1 aromatic heterocycles. The fraction of sp³-hybridized carbons (Fsp3) is 0.0769. The quantitative estimate of drug-likeness (QED) is 0.911. The Labute approximate surface area is 124 Å². The van der Waals surface area contributed by atoms with E-state index in [-0.39, 0.29) is 5.69 Å². The van der Waals surface area contributed by atoms with Crippen LogP contribution < -0.4 is 4.90 Å². The molecular formula is C13H10Cl2N2O3. The van der Waals surface area contributed by atoms with Gasteiger partial charge in [-0.3, -0.25) is 14.5 Å². The van der Waals surface area contributed by atoms with E-state index in [0.717, 1.165) is 4.90 Å². The minimum absolute atomic E-state index is 0.205. The van der Waals surface area contributed by atoms with Crippen LogP contribution in [-0.4, -0.2) is 28.5 Å². The van der Waals surface area contributed by atoms with E-state index >= 15 is 0 Å². The van der Waals surface area contributed by atoms with Crippen molar-refractivity contribution >= 4 is 40.8 Å². The number of H-pyrrole nitrogens is 1. The van der Waals surface area contributed by atoms with E-state index in [2.05, 4.69) is 4.98 Å². The van der Waals surface area contributed by atoms with Gasteiger partial charge in [-0.05, 0) is 24.3 Å². The third-order valence-electron chi connectivity index (χ3n) is 2.54. The smallest absolute Gasteiger partial charge is 0.323 e. The second-order valence-corrected chi connectivity index (χ2v) is 4.87. The first kappa shape index (κ1) is 14.4. The van der Waals surface area contributed by atoms with E-state index in [1.165, 1.54) is 18.3 Å². The van der Waals surface area contributed by atoms with Gasteiger partial charge in [0.15, 0.2) is 0 Å². The van der Waals surface area contributed by atoms with Gasteiger partial charge >= 0.3 is 5.97 Å². The highest BCUT2D eigenvalue weighted by atomic mass is 35.5. The molecule has 0 saturated carbocycles. The Morgan fingerprint density at radius 1 is 1.20 bits per heavy atom. The number of carboxylic acid groups (broad SMARTS) is 1. The zero-order valence-electron chi connectivity index (χ0n) is 10.1. The number of nitrogens with zero attached hydrogens (tertiary/aromatic N) is 1. The molecule has 2 N–H and O–H groups in total. The summed E-state index contributed by atoms with van der Waals surface area (Å²) in [6, 6.07) is 7.84. The maximum Gasteiger partial charge on any atom is 0.323 e. The number of halogens is 2. The highest BCUT2D eigenvalue weighted by molar-refractivity contribution is 6.31. The predicted octanol–water partition coefficient (Wildman–Crippen LogP) is 3.05. The number of hydrogen-bond acceptors (Lipinski definition) is 2. The zero-order chi connectivity index (χ0) is 14.7. The monoisotopic (exact) mass is 312 g/mol. The summed E-state index contributed by atoms with van der Waals surface area (Å²) in [6.45, 7) is -0.476. The number of aromatic amines is 1. The molecule has 0 fully saturated rings. The normalized spacial score (nSPS) is 10.3. The van der Waals surface area contributed by atoms with Gasteiger partial charge in [-0.2, -0.15) is 0 Å². The summed E-state index contributed by atoms with van der Waals surface area (Å²) < 4.78 is 0. The predicted molar refractivity (Wildman–Crippen MR) is 76.6 cm³/mol. The molecule has 0 aliphatic rings. The molecule has 0 saturated heterocycles. The Bertz CT molecular complexity index is 655. The van der Waals surface area contributed by atoms with Crippen LogP contribution in [0.1, 0.15) is 10.5 Å². The topological polar surface area (TPSA) is 73.4 Å². The third kappa shape index (κ3) is 3.31. The van der Waals surface area contributed by atoms with Crippen molar-refractivity contribution in [2.75, 3.05) is 11.4 Å². The lowest BCUT2D eigenvalue weighted by molar-refractivity contribution is -0.135. The molecule has 7 heteroatoms. The summed E-state index contributed by atoms with van der Waals surface area (Å²) in [6.07, 6.45) is 1.45. The molecule has 20 heavy (non-hydrogen) atoms. The van der Waals surface area contributed by atoms with Crippen molar-refractivity contribution in [3.63, 3.8) is 0 Å². The van der Waals surface area contributed by atoms with Crippen molar-refractivity contribution in [2.24, 2.45) is 0 Å². The van der Waals surface area contributed by atoms with E-state index in [1.54, 1.807) is 18.2 Å². The van der Waals surface area contributed by atoms with E-state index in [0.29, 0.717) is 15.7 Å². The molecule has 2 aromatic rings. The lowest BCUT2D eigenvalue weighted by Crippen LogP contribution is -2.35.